The van der Waals surface area contributed by atoms with Gasteiger partial charge >= 0.3 is 5.97 Å². The minimum atomic E-state index is -0.864. The van der Waals surface area contributed by atoms with E-state index in [1.54, 1.807) is 6.07 Å². The number of carbonyl (C=O) groups excluding carboxylic acids is 1. The zero-order chi connectivity index (χ0) is 14.5. The molecule has 0 aliphatic carbocycles. The van der Waals surface area contributed by atoms with Crippen LogP contribution in [0.25, 0.3) is 0 Å². The van der Waals surface area contributed by atoms with Gasteiger partial charge in [-0.2, -0.15) is 0 Å². The molecule has 1 aliphatic rings. The van der Waals surface area contributed by atoms with Crippen LogP contribution in [0.5, 0.6) is 0 Å². The van der Waals surface area contributed by atoms with Crippen molar-refractivity contribution in [2.75, 3.05) is 13.1 Å². The van der Waals surface area contributed by atoms with Crippen molar-refractivity contribution in [3.63, 3.8) is 0 Å². The first-order valence-electron chi connectivity index (χ1n) is 6.85. The normalized spacial score (nSPS) is 21.6. The molecule has 5 nitrogen and oxygen atoms in total. The Morgan fingerprint density at radius 2 is 2.00 bits per heavy atom. The van der Waals surface area contributed by atoms with Gasteiger partial charge in [0.25, 0.3) is 0 Å². The van der Waals surface area contributed by atoms with E-state index >= 15 is 0 Å². The van der Waals surface area contributed by atoms with E-state index in [1.807, 2.05) is 18.2 Å². The number of carbonyl (C=O) groups is 2. The minimum Gasteiger partial charge on any atom is -0.481 e. The molecule has 1 amide bonds. The van der Waals surface area contributed by atoms with Crippen molar-refractivity contribution in [2.45, 2.75) is 19.9 Å². The molecule has 20 heavy (non-hydrogen) atoms. The van der Waals surface area contributed by atoms with Crippen LogP contribution in [0.2, 0.25) is 0 Å². The maximum absolute atomic E-state index is 12.1. The van der Waals surface area contributed by atoms with Crippen molar-refractivity contribution in [2.24, 2.45) is 11.8 Å². The maximum atomic E-state index is 12.1. The molecule has 0 saturated carbocycles. The Hall–Kier alpha value is -1.88. The Labute approximate surface area is 118 Å². The molecular weight excluding hydrogens is 256 g/mol. The van der Waals surface area contributed by atoms with Crippen LogP contribution in [0, 0.1) is 11.8 Å². The van der Waals surface area contributed by atoms with E-state index < -0.39 is 5.97 Å². The predicted octanol–water partition coefficient (Wildman–Crippen LogP) is 0.785. The molecule has 1 fully saturated rings. The third-order valence-electron chi connectivity index (χ3n) is 3.77. The van der Waals surface area contributed by atoms with Gasteiger partial charge in [-0.15, -0.1) is 0 Å². The molecule has 1 heterocycles. The first-order chi connectivity index (χ1) is 9.58. The molecule has 5 heteroatoms. The molecule has 108 valence electrons. The molecule has 2 rings (SSSR count). The van der Waals surface area contributed by atoms with Crippen LogP contribution in [-0.2, 0) is 22.6 Å². The fourth-order valence-corrected chi connectivity index (χ4v) is 2.54. The molecule has 0 bridgehead atoms. The number of amides is 1. The highest BCUT2D eigenvalue weighted by Crippen LogP contribution is 2.16. The summed E-state index contributed by atoms with van der Waals surface area (Å²) in [5.74, 6) is -0.490. The summed E-state index contributed by atoms with van der Waals surface area (Å²) < 4.78 is 0. The molecule has 2 unspecified atom stereocenters. The van der Waals surface area contributed by atoms with E-state index in [1.165, 1.54) is 0 Å². The number of nitrogens with one attached hydrogen (secondary N) is 2. The van der Waals surface area contributed by atoms with Gasteiger partial charge in [0.05, 0.1) is 12.3 Å². The highest BCUT2D eigenvalue weighted by Gasteiger charge is 2.29. The lowest BCUT2D eigenvalue weighted by molar-refractivity contribution is -0.136. The number of rotatable bonds is 5. The second kappa shape index (κ2) is 6.52. The van der Waals surface area contributed by atoms with Gasteiger partial charge in [-0.3, -0.25) is 9.59 Å². The standard InChI is InChI=1S/C15H20N2O3/c1-10-7-16-9-13(10)15(20)17-8-12-5-3-2-4-11(12)6-14(18)19/h2-5,10,13,16H,6-9H2,1H3,(H,17,20)(H,18,19). The maximum Gasteiger partial charge on any atom is 0.307 e. The SMILES string of the molecule is CC1CNCC1C(=O)NCc1ccccc1CC(=O)O. The van der Waals surface area contributed by atoms with Gasteiger partial charge in [-0.05, 0) is 23.6 Å². The monoisotopic (exact) mass is 276 g/mol. The summed E-state index contributed by atoms with van der Waals surface area (Å²) in [5, 5.41) is 15.0. The zero-order valence-electron chi connectivity index (χ0n) is 11.6. The number of hydrogen-bond acceptors (Lipinski definition) is 3. The molecular formula is C15H20N2O3. The second-order valence-corrected chi connectivity index (χ2v) is 5.30. The van der Waals surface area contributed by atoms with E-state index in [0.29, 0.717) is 19.0 Å². The summed E-state index contributed by atoms with van der Waals surface area (Å²) in [4.78, 5) is 22.9. The first kappa shape index (κ1) is 14.5. The van der Waals surface area contributed by atoms with Gasteiger partial charge < -0.3 is 15.7 Å². The molecule has 1 aromatic rings. The largest absolute Gasteiger partial charge is 0.481 e. The number of carboxylic acids is 1. The van der Waals surface area contributed by atoms with Crippen molar-refractivity contribution < 1.29 is 14.7 Å². The van der Waals surface area contributed by atoms with Crippen LogP contribution in [0.4, 0.5) is 0 Å². The topological polar surface area (TPSA) is 78.4 Å². The third-order valence-corrected chi connectivity index (χ3v) is 3.77. The van der Waals surface area contributed by atoms with Gasteiger partial charge in [0.15, 0.2) is 0 Å². The highest BCUT2D eigenvalue weighted by molar-refractivity contribution is 5.79. The van der Waals surface area contributed by atoms with Crippen LogP contribution in [0.3, 0.4) is 0 Å². The third kappa shape index (κ3) is 3.57. The second-order valence-electron chi connectivity index (χ2n) is 5.30. The summed E-state index contributed by atoms with van der Waals surface area (Å²) in [6.07, 6.45) is -0.0204. The van der Waals surface area contributed by atoms with Crippen LogP contribution in [0.15, 0.2) is 24.3 Å². The lowest BCUT2D eigenvalue weighted by Crippen LogP contribution is -2.34. The summed E-state index contributed by atoms with van der Waals surface area (Å²) in [6, 6.07) is 7.31. The Bertz CT molecular complexity index is 502. The van der Waals surface area contributed by atoms with Crippen molar-refractivity contribution in [1.29, 1.82) is 0 Å². The average molecular weight is 276 g/mol. The number of aliphatic carboxylic acids is 1. The Morgan fingerprint density at radius 3 is 2.60 bits per heavy atom. The fourth-order valence-electron chi connectivity index (χ4n) is 2.54. The molecule has 1 saturated heterocycles. The molecule has 2 atom stereocenters. The molecule has 0 aromatic heterocycles. The lowest BCUT2D eigenvalue weighted by atomic mass is 9.97. The van der Waals surface area contributed by atoms with Crippen molar-refractivity contribution in [3.8, 4) is 0 Å². The van der Waals surface area contributed by atoms with Crippen LogP contribution in [-0.4, -0.2) is 30.1 Å². The number of benzene rings is 1. The number of carboxylic acid groups (broad SMARTS) is 1. The van der Waals surface area contributed by atoms with Gasteiger partial charge in [0.2, 0.25) is 5.91 Å². The molecule has 1 aromatic carbocycles. The highest BCUT2D eigenvalue weighted by atomic mass is 16.4. The van der Waals surface area contributed by atoms with E-state index in [0.717, 1.165) is 17.7 Å². The van der Waals surface area contributed by atoms with Gasteiger partial charge in [0, 0.05) is 13.1 Å². The van der Waals surface area contributed by atoms with Crippen LogP contribution < -0.4 is 10.6 Å². The van der Waals surface area contributed by atoms with Crippen molar-refractivity contribution in [3.05, 3.63) is 35.4 Å². The van der Waals surface area contributed by atoms with Gasteiger partial charge in [-0.25, -0.2) is 0 Å². The van der Waals surface area contributed by atoms with Crippen LogP contribution >= 0.6 is 0 Å². The molecule has 3 N–H and O–H groups in total. The molecule has 0 spiro atoms. The first-order valence-corrected chi connectivity index (χ1v) is 6.85. The number of hydrogen-bond donors (Lipinski definition) is 3. The van der Waals surface area contributed by atoms with Crippen molar-refractivity contribution >= 4 is 11.9 Å². The van der Waals surface area contributed by atoms with E-state index in [-0.39, 0.29) is 18.2 Å². The smallest absolute Gasteiger partial charge is 0.307 e. The van der Waals surface area contributed by atoms with E-state index in [2.05, 4.69) is 17.6 Å². The Morgan fingerprint density at radius 1 is 1.30 bits per heavy atom. The van der Waals surface area contributed by atoms with Gasteiger partial charge in [-0.1, -0.05) is 31.2 Å². The zero-order valence-corrected chi connectivity index (χ0v) is 11.6. The van der Waals surface area contributed by atoms with E-state index in [4.69, 9.17) is 5.11 Å². The fraction of sp³-hybridized carbons (Fsp3) is 0.467. The van der Waals surface area contributed by atoms with Crippen molar-refractivity contribution in [1.82, 2.24) is 10.6 Å². The Kier molecular flexibility index (Phi) is 4.74. The lowest BCUT2D eigenvalue weighted by Gasteiger charge is -2.15. The Balaban J connectivity index is 1.96. The minimum absolute atomic E-state index is 0.00151. The summed E-state index contributed by atoms with van der Waals surface area (Å²) in [6.45, 7) is 4.02. The quantitative estimate of drug-likeness (QED) is 0.743. The summed E-state index contributed by atoms with van der Waals surface area (Å²) >= 11 is 0. The molecule has 0 radical (unpaired) electrons. The summed E-state index contributed by atoms with van der Waals surface area (Å²) in [7, 11) is 0. The molecule has 1 aliphatic heterocycles. The van der Waals surface area contributed by atoms with Gasteiger partial charge in [0.1, 0.15) is 0 Å². The van der Waals surface area contributed by atoms with E-state index in [9.17, 15) is 9.59 Å². The predicted molar refractivity (Wildman–Crippen MR) is 75.2 cm³/mol. The average Bonchev–Trinajstić information content (AvgIpc) is 2.83. The van der Waals surface area contributed by atoms with Crippen LogP contribution in [0.1, 0.15) is 18.1 Å². The summed E-state index contributed by atoms with van der Waals surface area (Å²) in [5.41, 5.74) is 1.61.